The molecule has 0 heterocycles. The first kappa shape index (κ1) is 14.0. The highest BCUT2D eigenvalue weighted by Crippen LogP contribution is 2.31. The average molecular weight is 307 g/mol. The Kier molecular flexibility index (Phi) is 4.41. The van der Waals surface area contributed by atoms with E-state index in [1.54, 1.807) is 18.2 Å². The second-order valence-corrected chi connectivity index (χ2v) is 5.87. The topological polar surface area (TPSA) is 29.1 Å². The van der Waals surface area contributed by atoms with E-state index in [9.17, 15) is 4.79 Å². The predicted octanol–water partition coefficient (Wildman–Crippen LogP) is 4.27. The molecular formula is C13H14Cl3NO. The summed E-state index contributed by atoms with van der Waals surface area (Å²) < 4.78 is 0. The van der Waals surface area contributed by atoms with Crippen LogP contribution in [0, 0.1) is 0 Å². The van der Waals surface area contributed by atoms with E-state index in [0.29, 0.717) is 21.5 Å². The molecule has 0 saturated heterocycles. The lowest BCUT2D eigenvalue weighted by Gasteiger charge is -2.27. The van der Waals surface area contributed by atoms with E-state index in [4.69, 9.17) is 34.8 Å². The summed E-state index contributed by atoms with van der Waals surface area (Å²) in [5, 5.41) is 3.94. The first-order valence-corrected chi connectivity index (χ1v) is 7.18. The van der Waals surface area contributed by atoms with Crippen molar-refractivity contribution in [2.45, 2.75) is 31.2 Å². The third-order valence-corrected chi connectivity index (χ3v) is 4.27. The smallest absolute Gasteiger partial charge is 0.251 e. The highest BCUT2D eigenvalue weighted by atomic mass is 35.5. The molecular weight excluding hydrogens is 293 g/mol. The first-order chi connectivity index (χ1) is 8.54. The van der Waals surface area contributed by atoms with Crippen LogP contribution in [0.2, 0.25) is 10.0 Å². The second kappa shape index (κ2) is 5.68. The number of carbonyl (C=O) groups excluding carboxylic acids is 1. The molecule has 0 aliphatic heterocycles. The maximum absolute atomic E-state index is 12.2. The monoisotopic (exact) mass is 305 g/mol. The van der Waals surface area contributed by atoms with Gasteiger partial charge in [-0.05, 0) is 31.0 Å². The number of hydrogen-bond donors (Lipinski definition) is 1. The summed E-state index contributed by atoms with van der Waals surface area (Å²) in [7, 11) is 0. The second-order valence-electron chi connectivity index (χ2n) is 4.73. The minimum atomic E-state index is -0.270. The fourth-order valence-corrected chi connectivity index (χ4v) is 3.20. The standard InChI is InChI=1S/C13H14Cl3NO/c14-8-13(3-1-2-4-13)17-12(18)9-5-10(15)7-11(16)6-9/h5-7H,1-4,8H2,(H,17,18). The zero-order valence-electron chi connectivity index (χ0n) is 9.81. The van der Waals surface area contributed by atoms with Crippen LogP contribution in [0.25, 0.3) is 0 Å². The molecule has 1 saturated carbocycles. The van der Waals surface area contributed by atoms with Gasteiger partial charge in [0, 0.05) is 21.5 Å². The van der Waals surface area contributed by atoms with Crippen LogP contribution in [0.5, 0.6) is 0 Å². The van der Waals surface area contributed by atoms with Gasteiger partial charge in [-0.15, -0.1) is 11.6 Å². The number of hydrogen-bond acceptors (Lipinski definition) is 1. The molecule has 2 rings (SSSR count). The molecule has 1 N–H and O–H groups in total. The maximum Gasteiger partial charge on any atom is 0.251 e. The summed E-state index contributed by atoms with van der Waals surface area (Å²) in [5.74, 6) is 0.273. The summed E-state index contributed by atoms with van der Waals surface area (Å²) in [6.07, 6.45) is 4.06. The van der Waals surface area contributed by atoms with E-state index in [1.807, 2.05) is 0 Å². The Hall–Kier alpha value is -0.440. The molecule has 0 atom stereocenters. The van der Waals surface area contributed by atoms with Crippen molar-refractivity contribution in [1.82, 2.24) is 5.32 Å². The molecule has 18 heavy (non-hydrogen) atoms. The fraction of sp³-hybridized carbons (Fsp3) is 0.462. The highest BCUT2D eigenvalue weighted by molar-refractivity contribution is 6.35. The van der Waals surface area contributed by atoms with Crippen molar-refractivity contribution in [1.29, 1.82) is 0 Å². The zero-order valence-corrected chi connectivity index (χ0v) is 12.1. The fourth-order valence-electron chi connectivity index (χ4n) is 2.34. The van der Waals surface area contributed by atoms with E-state index in [1.165, 1.54) is 0 Å². The van der Waals surface area contributed by atoms with Gasteiger partial charge in [-0.3, -0.25) is 4.79 Å². The Morgan fingerprint density at radius 2 is 1.72 bits per heavy atom. The van der Waals surface area contributed by atoms with E-state index < -0.39 is 0 Å². The molecule has 1 aliphatic rings. The van der Waals surface area contributed by atoms with Gasteiger partial charge in [-0.2, -0.15) is 0 Å². The lowest BCUT2D eigenvalue weighted by atomic mass is 9.99. The molecule has 98 valence electrons. The molecule has 1 aromatic rings. The lowest BCUT2D eigenvalue weighted by Crippen LogP contribution is -2.47. The summed E-state index contributed by atoms with van der Waals surface area (Å²) >= 11 is 17.8. The van der Waals surface area contributed by atoms with Crippen molar-refractivity contribution in [3.8, 4) is 0 Å². The van der Waals surface area contributed by atoms with Crippen LogP contribution in [0.4, 0.5) is 0 Å². The molecule has 2 nitrogen and oxygen atoms in total. The molecule has 1 fully saturated rings. The van der Waals surface area contributed by atoms with Crippen LogP contribution in [0.1, 0.15) is 36.0 Å². The molecule has 0 aromatic heterocycles. The molecule has 0 spiro atoms. The van der Waals surface area contributed by atoms with Crippen LogP contribution >= 0.6 is 34.8 Å². The average Bonchev–Trinajstić information content (AvgIpc) is 2.77. The van der Waals surface area contributed by atoms with Crippen molar-refractivity contribution in [3.05, 3.63) is 33.8 Å². The predicted molar refractivity (Wildman–Crippen MR) is 75.8 cm³/mol. The van der Waals surface area contributed by atoms with Gasteiger partial charge in [0.1, 0.15) is 0 Å². The van der Waals surface area contributed by atoms with Crippen molar-refractivity contribution >= 4 is 40.7 Å². The Balaban J connectivity index is 2.16. The third kappa shape index (κ3) is 3.11. The number of amides is 1. The Bertz CT molecular complexity index is 435. The first-order valence-electron chi connectivity index (χ1n) is 5.89. The Morgan fingerprint density at radius 1 is 1.17 bits per heavy atom. The van der Waals surface area contributed by atoms with Gasteiger partial charge in [0.25, 0.3) is 5.91 Å². The van der Waals surface area contributed by atoms with Crippen molar-refractivity contribution in [2.75, 3.05) is 5.88 Å². The van der Waals surface area contributed by atoms with Crippen molar-refractivity contribution in [2.24, 2.45) is 0 Å². The van der Waals surface area contributed by atoms with Crippen LogP contribution in [-0.4, -0.2) is 17.3 Å². The van der Waals surface area contributed by atoms with Crippen molar-refractivity contribution < 1.29 is 4.79 Å². The third-order valence-electron chi connectivity index (χ3n) is 3.32. The van der Waals surface area contributed by atoms with E-state index in [2.05, 4.69) is 5.32 Å². The summed E-state index contributed by atoms with van der Waals surface area (Å²) in [6.45, 7) is 0. The van der Waals surface area contributed by atoms with Gasteiger partial charge in [0.15, 0.2) is 0 Å². The van der Waals surface area contributed by atoms with Crippen molar-refractivity contribution in [3.63, 3.8) is 0 Å². The molecule has 1 aromatic carbocycles. The number of halogens is 3. The van der Waals surface area contributed by atoms with Gasteiger partial charge >= 0.3 is 0 Å². The maximum atomic E-state index is 12.2. The molecule has 0 unspecified atom stereocenters. The van der Waals surface area contributed by atoms with E-state index in [-0.39, 0.29) is 11.4 Å². The van der Waals surface area contributed by atoms with Crippen LogP contribution in [-0.2, 0) is 0 Å². The summed E-state index contributed by atoms with van der Waals surface area (Å²) in [4.78, 5) is 12.2. The Labute approximate surface area is 122 Å². The van der Waals surface area contributed by atoms with E-state index in [0.717, 1.165) is 25.7 Å². The van der Waals surface area contributed by atoms with Crippen LogP contribution in [0.3, 0.4) is 0 Å². The molecule has 0 bridgehead atoms. The summed E-state index contributed by atoms with van der Waals surface area (Å²) in [5.41, 5.74) is 0.205. The van der Waals surface area contributed by atoms with E-state index >= 15 is 0 Å². The normalized spacial score (nSPS) is 17.7. The molecule has 5 heteroatoms. The highest BCUT2D eigenvalue weighted by Gasteiger charge is 2.34. The van der Waals surface area contributed by atoms with Crippen LogP contribution in [0.15, 0.2) is 18.2 Å². The minimum absolute atomic E-state index is 0.165. The largest absolute Gasteiger partial charge is 0.345 e. The van der Waals surface area contributed by atoms with Gasteiger partial charge < -0.3 is 5.32 Å². The van der Waals surface area contributed by atoms with Gasteiger partial charge in [-0.25, -0.2) is 0 Å². The number of carbonyl (C=O) groups is 1. The number of rotatable bonds is 3. The number of nitrogens with one attached hydrogen (secondary N) is 1. The summed E-state index contributed by atoms with van der Waals surface area (Å²) in [6, 6.07) is 4.83. The number of benzene rings is 1. The SMILES string of the molecule is O=C(NC1(CCl)CCCC1)c1cc(Cl)cc(Cl)c1. The molecule has 0 radical (unpaired) electrons. The quantitative estimate of drug-likeness (QED) is 0.830. The minimum Gasteiger partial charge on any atom is -0.345 e. The molecule has 1 amide bonds. The van der Waals surface area contributed by atoms with Gasteiger partial charge in [0.2, 0.25) is 0 Å². The van der Waals surface area contributed by atoms with Gasteiger partial charge in [-0.1, -0.05) is 36.0 Å². The lowest BCUT2D eigenvalue weighted by molar-refractivity contribution is 0.0909. The molecule has 1 aliphatic carbocycles. The van der Waals surface area contributed by atoms with Crippen LogP contribution < -0.4 is 5.32 Å². The van der Waals surface area contributed by atoms with Gasteiger partial charge in [0.05, 0.1) is 5.54 Å². The zero-order chi connectivity index (χ0) is 13.2. The number of alkyl halides is 1. The Morgan fingerprint density at radius 3 is 2.22 bits per heavy atom.